The zero-order valence-corrected chi connectivity index (χ0v) is 4.72. The van der Waals surface area contributed by atoms with Gasteiger partial charge in [-0.05, 0) is 0 Å². The fourth-order valence-electron chi connectivity index (χ4n) is 0. The molecule has 4 nitrogen and oxygen atoms in total. The number of nitrogens with two attached hydrogens (primary N) is 1. The molecule has 6 heteroatoms. The van der Waals surface area contributed by atoms with Crippen LogP contribution in [-0.2, 0) is 24.8 Å². The molecule has 0 aliphatic heterocycles. The minimum absolute atomic E-state index is 0. The monoisotopic (exact) mass is 117 g/mol. The summed E-state index contributed by atoms with van der Waals surface area (Å²) >= 11 is -1.08. The largest absolute Gasteiger partial charge is 1.00 e. The SMILES string of the molecule is NC=O.O=[SH-]=O.[Li+]. The first-order chi connectivity index (χ1) is 2.83. The third-order valence-electron chi connectivity index (χ3n) is 0. The van der Waals surface area contributed by atoms with Crippen molar-refractivity contribution in [2.24, 2.45) is 5.73 Å². The number of hydrogen-bond acceptors (Lipinski definition) is 4. The summed E-state index contributed by atoms with van der Waals surface area (Å²) in [7, 11) is 0. The number of thiol groups is 1. The number of amides is 1. The molecule has 0 aliphatic carbocycles. The zero-order chi connectivity index (χ0) is 5.41. The first-order valence-electron chi connectivity index (χ1n) is 0.934. The zero-order valence-electron chi connectivity index (χ0n) is 3.83. The molecule has 0 unspecified atom stereocenters. The van der Waals surface area contributed by atoms with E-state index < -0.39 is 11.6 Å². The van der Waals surface area contributed by atoms with E-state index in [4.69, 9.17) is 13.2 Å². The van der Waals surface area contributed by atoms with Crippen LogP contribution in [0, 0.1) is 0 Å². The van der Waals surface area contributed by atoms with E-state index in [9.17, 15) is 0 Å². The molecule has 0 heterocycles. The van der Waals surface area contributed by atoms with Gasteiger partial charge in [-0.2, -0.15) is 0 Å². The molecule has 0 bridgehead atoms. The van der Waals surface area contributed by atoms with Crippen LogP contribution in [0.15, 0.2) is 0 Å². The molecular formula is CH4LiNO3S. The van der Waals surface area contributed by atoms with Crippen molar-refractivity contribution in [2.45, 2.75) is 0 Å². The molecule has 0 fully saturated rings. The second-order valence-electron chi connectivity index (χ2n) is 0.211. The predicted molar refractivity (Wildman–Crippen MR) is 20.4 cm³/mol. The van der Waals surface area contributed by atoms with Crippen LogP contribution >= 0.6 is 0 Å². The summed E-state index contributed by atoms with van der Waals surface area (Å²) in [5.41, 5.74) is 4.17. The van der Waals surface area contributed by atoms with Crippen molar-refractivity contribution >= 4 is 18.0 Å². The Kier molecular flexibility index (Phi) is 83.7. The minimum Gasteiger partial charge on any atom is -0.427 e. The van der Waals surface area contributed by atoms with E-state index in [1.165, 1.54) is 0 Å². The smallest absolute Gasteiger partial charge is 0.427 e. The Bertz CT molecular complexity index is 60.0. The van der Waals surface area contributed by atoms with Gasteiger partial charge in [0.2, 0.25) is 6.41 Å². The molecule has 0 aromatic carbocycles. The fourth-order valence-corrected chi connectivity index (χ4v) is 0. The average Bonchev–Trinajstić information content (AvgIpc) is 1.39. The second kappa shape index (κ2) is 37.2. The standard InChI is InChI=1S/CH3NO.Li.HO2S/c2-1-3;;1-3-2/h1H,(H2,2,3);;3H/q;+1;-1. The van der Waals surface area contributed by atoms with Crippen LogP contribution < -0.4 is 24.6 Å². The van der Waals surface area contributed by atoms with E-state index in [1.54, 1.807) is 0 Å². The van der Waals surface area contributed by atoms with Crippen LogP contribution in [0.25, 0.3) is 0 Å². The van der Waals surface area contributed by atoms with Crippen LogP contribution in [-0.4, -0.2) is 6.41 Å². The molecule has 0 saturated carbocycles. The Morgan fingerprint density at radius 3 is 1.43 bits per heavy atom. The molecule has 0 spiro atoms. The van der Waals surface area contributed by atoms with Gasteiger partial charge in [-0.15, -0.1) is 0 Å². The Labute approximate surface area is 56.2 Å². The third-order valence-corrected chi connectivity index (χ3v) is 0. The molecule has 0 radical (unpaired) electrons. The quantitative estimate of drug-likeness (QED) is 0.150. The van der Waals surface area contributed by atoms with Gasteiger partial charge in [0.15, 0.2) is 0 Å². The van der Waals surface area contributed by atoms with Gasteiger partial charge < -0.3 is 14.2 Å². The summed E-state index contributed by atoms with van der Waals surface area (Å²) in [6.45, 7) is 0. The molecule has 0 aromatic rings. The molecule has 38 valence electrons. The van der Waals surface area contributed by atoms with Crippen molar-refractivity contribution < 1.29 is 32.1 Å². The van der Waals surface area contributed by atoms with Crippen LogP contribution in [0.4, 0.5) is 0 Å². The third kappa shape index (κ3) is 321000. The van der Waals surface area contributed by atoms with Crippen molar-refractivity contribution in [1.82, 2.24) is 0 Å². The van der Waals surface area contributed by atoms with E-state index in [0.717, 1.165) is 0 Å². The van der Waals surface area contributed by atoms with Gasteiger partial charge in [-0.25, -0.2) is 0 Å². The summed E-state index contributed by atoms with van der Waals surface area (Å²) in [6.07, 6.45) is 0.250. The first-order valence-corrected chi connectivity index (χ1v) is 1.66. The molecule has 0 saturated heterocycles. The Hall–Kier alpha value is 0.0174. The number of carbonyl (C=O) groups is 1. The molecule has 0 aliphatic rings. The van der Waals surface area contributed by atoms with E-state index in [2.05, 4.69) is 5.73 Å². The van der Waals surface area contributed by atoms with E-state index in [0.29, 0.717) is 0 Å². The topological polar surface area (TPSA) is 77.2 Å². The van der Waals surface area contributed by atoms with Crippen molar-refractivity contribution in [3.8, 4) is 0 Å². The molecule has 1 amide bonds. The van der Waals surface area contributed by atoms with E-state index >= 15 is 0 Å². The maximum atomic E-state index is 8.58. The fraction of sp³-hybridized carbons (Fsp3) is 0. The Morgan fingerprint density at radius 2 is 1.43 bits per heavy atom. The summed E-state index contributed by atoms with van der Waals surface area (Å²) in [6, 6.07) is 0. The molecule has 0 rings (SSSR count). The van der Waals surface area contributed by atoms with Gasteiger partial charge >= 0.3 is 18.9 Å². The Balaban J connectivity index is -0.0000000400. The predicted octanol–water partition coefficient (Wildman–Crippen LogP) is -4.40. The van der Waals surface area contributed by atoms with Crippen LogP contribution in [0.2, 0.25) is 0 Å². The summed E-state index contributed by atoms with van der Waals surface area (Å²) in [4.78, 5) is 8.58. The summed E-state index contributed by atoms with van der Waals surface area (Å²) < 4.78 is 16.7. The van der Waals surface area contributed by atoms with Gasteiger partial charge in [0, 0.05) is 0 Å². The van der Waals surface area contributed by atoms with Gasteiger partial charge in [0.25, 0.3) is 0 Å². The molecule has 0 atom stereocenters. The first kappa shape index (κ1) is 15.7. The average molecular weight is 117 g/mol. The maximum Gasteiger partial charge on any atom is 1.00 e. The van der Waals surface area contributed by atoms with Crippen LogP contribution in [0.3, 0.4) is 0 Å². The van der Waals surface area contributed by atoms with Crippen molar-refractivity contribution in [3.05, 3.63) is 0 Å². The Morgan fingerprint density at radius 1 is 1.43 bits per heavy atom. The molecule has 0 aromatic heterocycles. The summed E-state index contributed by atoms with van der Waals surface area (Å²) in [5.74, 6) is 0. The van der Waals surface area contributed by atoms with Gasteiger partial charge in [0.05, 0.1) is 0 Å². The van der Waals surface area contributed by atoms with E-state index in [-0.39, 0.29) is 25.3 Å². The number of hydrogen-bond donors (Lipinski definition) is 1. The van der Waals surface area contributed by atoms with Crippen molar-refractivity contribution in [1.29, 1.82) is 0 Å². The van der Waals surface area contributed by atoms with Gasteiger partial charge in [-0.1, -0.05) is 11.6 Å². The van der Waals surface area contributed by atoms with Gasteiger partial charge in [-0.3, -0.25) is 4.79 Å². The van der Waals surface area contributed by atoms with Crippen molar-refractivity contribution in [3.63, 3.8) is 0 Å². The van der Waals surface area contributed by atoms with Crippen LogP contribution in [0.1, 0.15) is 0 Å². The normalized spacial score (nSPS) is 4.00. The minimum atomic E-state index is -1.08. The van der Waals surface area contributed by atoms with Crippen LogP contribution in [0.5, 0.6) is 0 Å². The number of rotatable bonds is 0. The van der Waals surface area contributed by atoms with Gasteiger partial charge in [0.1, 0.15) is 0 Å². The van der Waals surface area contributed by atoms with E-state index in [1.807, 2.05) is 0 Å². The second-order valence-corrected chi connectivity index (χ2v) is 0.360. The molecule has 2 N–H and O–H groups in total. The molecular weight excluding hydrogens is 113 g/mol. The number of primary amides is 1. The maximum absolute atomic E-state index is 8.58. The molecule has 7 heavy (non-hydrogen) atoms. The number of carbonyl (C=O) groups excluding carboxylic acids is 1. The summed E-state index contributed by atoms with van der Waals surface area (Å²) in [5, 5.41) is 0. The van der Waals surface area contributed by atoms with Crippen molar-refractivity contribution in [2.75, 3.05) is 0 Å².